The van der Waals surface area contributed by atoms with Crippen LogP contribution in [0.25, 0.3) is 0 Å². The van der Waals surface area contributed by atoms with E-state index in [1.54, 1.807) is 18.2 Å². The molecule has 0 saturated heterocycles. The summed E-state index contributed by atoms with van der Waals surface area (Å²) in [4.78, 5) is 11.7. The molecule has 1 aliphatic rings. The Kier molecular flexibility index (Phi) is 3.52. The number of anilines is 1. The first-order valence-electron chi connectivity index (χ1n) is 6.02. The second-order valence-corrected chi connectivity index (χ2v) is 4.58. The van der Waals surface area contributed by atoms with Crippen LogP contribution in [0.5, 0.6) is 5.75 Å². The van der Waals surface area contributed by atoms with Gasteiger partial charge in [0.05, 0.1) is 0 Å². The third kappa shape index (κ3) is 3.12. The van der Waals surface area contributed by atoms with Gasteiger partial charge in [-0.25, -0.2) is 4.79 Å². The van der Waals surface area contributed by atoms with Crippen LogP contribution in [-0.2, 0) is 0 Å². The fourth-order valence-electron chi connectivity index (χ4n) is 2.11. The van der Waals surface area contributed by atoms with E-state index in [0.717, 1.165) is 18.4 Å². The molecule has 0 aliphatic heterocycles. The van der Waals surface area contributed by atoms with Crippen molar-refractivity contribution in [2.24, 2.45) is 0 Å². The van der Waals surface area contributed by atoms with Crippen LogP contribution in [0.2, 0.25) is 0 Å². The van der Waals surface area contributed by atoms with Gasteiger partial charge in [0.1, 0.15) is 5.75 Å². The zero-order valence-electron chi connectivity index (χ0n) is 9.99. The minimum Gasteiger partial charge on any atom is -0.508 e. The maximum Gasteiger partial charge on any atom is 0.319 e. The molecule has 17 heavy (non-hydrogen) atoms. The molecule has 2 rings (SSSR count). The summed E-state index contributed by atoms with van der Waals surface area (Å²) >= 11 is 0. The first-order valence-corrected chi connectivity index (χ1v) is 6.02. The van der Waals surface area contributed by atoms with Gasteiger partial charge in [0.25, 0.3) is 0 Å². The molecule has 1 aromatic carbocycles. The van der Waals surface area contributed by atoms with E-state index in [1.807, 2.05) is 6.92 Å². The lowest BCUT2D eigenvalue weighted by atomic mass is 10.2. The van der Waals surface area contributed by atoms with Crippen molar-refractivity contribution in [1.29, 1.82) is 0 Å². The molecule has 0 unspecified atom stereocenters. The van der Waals surface area contributed by atoms with Crippen LogP contribution >= 0.6 is 0 Å². The molecule has 0 aromatic heterocycles. The first kappa shape index (κ1) is 11.8. The topological polar surface area (TPSA) is 61.4 Å². The van der Waals surface area contributed by atoms with Gasteiger partial charge >= 0.3 is 6.03 Å². The SMILES string of the molecule is Cc1ccc(NC(=O)NC2CCCC2)cc1O. The van der Waals surface area contributed by atoms with Gasteiger partial charge in [0, 0.05) is 17.8 Å². The largest absolute Gasteiger partial charge is 0.508 e. The molecule has 3 N–H and O–H groups in total. The highest BCUT2D eigenvalue weighted by atomic mass is 16.3. The lowest BCUT2D eigenvalue weighted by molar-refractivity contribution is 0.248. The predicted octanol–water partition coefficient (Wildman–Crippen LogP) is 2.76. The molecule has 4 heteroatoms. The van der Waals surface area contributed by atoms with E-state index >= 15 is 0 Å². The zero-order valence-corrected chi connectivity index (χ0v) is 9.99. The summed E-state index contributed by atoms with van der Waals surface area (Å²) in [7, 11) is 0. The van der Waals surface area contributed by atoms with Crippen LogP contribution in [-0.4, -0.2) is 17.2 Å². The molecule has 1 fully saturated rings. The van der Waals surface area contributed by atoms with E-state index in [-0.39, 0.29) is 11.8 Å². The molecule has 4 nitrogen and oxygen atoms in total. The highest BCUT2D eigenvalue weighted by Crippen LogP contribution is 2.21. The Balaban J connectivity index is 1.90. The fraction of sp³-hybridized carbons (Fsp3) is 0.462. The van der Waals surface area contributed by atoms with Gasteiger partial charge < -0.3 is 15.7 Å². The summed E-state index contributed by atoms with van der Waals surface area (Å²) in [6.07, 6.45) is 4.51. The minimum atomic E-state index is -0.194. The van der Waals surface area contributed by atoms with Crippen LogP contribution in [0.1, 0.15) is 31.2 Å². The normalized spacial score (nSPS) is 15.8. The second-order valence-electron chi connectivity index (χ2n) is 4.58. The Morgan fingerprint density at radius 2 is 2.06 bits per heavy atom. The minimum absolute atomic E-state index is 0.194. The molecule has 1 saturated carbocycles. The van der Waals surface area contributed by atoms with Crippen LogP contribution in [0.4, 0.5) is 10.5 Å². The average molecular weight is 234 g/mol. The van der Waals surface area contributed by atoms with E-state index in [2.05, 4.69) is 10.6 Å². The van der Waals surface area contributed by atoms with Crippen molar-refractivity contribution in [3.63, 3.8) is 0 Å². The standard InChI is InChI=1S/C13H18N2O2/c1-9-6-7-11(8-12(9)16)15-13(17)14-10-4-2-3-5-10/h6-8,10,16H,2-5H2,1H3,(H2,14,15,17). The van der Waals surface area contributed by atoms with Gasteiger partial charge in [-0.2, -0.15) is 0 Å². The molecule has 0 heterocycles. The summed E-state index contributed by atoms with van der Waals surface area (Å²) in [5.41, 5.74) is 1.41. The number of hydrogen-bond acceptors (Lipinski definition) is 2. The number of aromatic hydroxyl groups is 1. The van der Waals surface area contributed by atoms with Crippen molar-refractivity contribution < 1.29 is 9.90 Å². The monoisotopic (exact) mass is 234 g/mol. The van der Waals surface area contributed by atoms with Gasteiger partial charge in [0.15, 0.2) is 0 Å². The van der Waals surface area contributed by atoms with Gasteiger partial charge in [-0.1, -0.05) is 18.9 Å². The number of hydrogen-bond donors (Lipinski definition) is 3. The first-order chi connectivity index (χ1) is 8.15. The van der Waals surface area contributed by atoms with Crippen LogP contribution in [0, 0.1) is 6.92 Å². The second kappa shape index (κ2) is 5.08. The van der Waals surface area contributed by atoms with Crippen molar-refractivity contribution in [3.05, 3.63) is 23.8 Å². The quantitative estimate of drug-likeness (QED) is 0.736. The van der Waals surface area contributed by atoms with E-state index < -0.39 is 0 Å². The van der Waals surface area contributed by atoms with E-state index in [0.29, 0.717) is 11.7 Å². The number of aryl methyl sites for hydroxylation is 1. The fourth-order valence-corrected chi connectivity index (χ4v) is 2.11. The third-order valence-electron chi connectivity index (χ3n) is 3.16. The molecular weight excluding hydrogens is 216 g/mol. The molecular formula is C13H18N2O2. The third-order valence-corrected chi connectivity index (χ3v) is 3.16. The van der Waals surface area contributed by atoms with Gasteiger partial charge in [-0.15, -0.1) is 0 Å². The molecule has 92 valence electrons. The van der Waals surface area contributed by atoms with Crippen molar-refractivity contribution in [2.45, 2.75) is 38.6 Å². The molecule has 2 amide bonds. The number of urea groups is 1. The lowest BCUT2D eigenvalue weighted by Gasteiger charge is -2.13. The molecule has 1 aliphatic carbocycles. The number of nitrogens with one attached hydrogen (secondary N) is 2. The van der Waals surface area contributed by atoms with Crippen LogP contribution in [0.3, 0.4) is 0 Å². The van der Waals surface area contributed by atoms with Crippen LogP contribution in [0.15, 0.2) is 18.2 Å². The summed E-state index contributed by atoms with van der Waals surface area (Å²) < 4.78 is 0. The molecule has 0 atom stereocenters. The highest BCUT2D eigenvalue weighted by molar-refractivity contribution is 5.89. The van der Waals surface area contributed by atoms with Crippen LogP contribution < -0.4 is 10.6 Å². The van der Waals surface area contributed by atoms with Crippen molar-refractivity contribution in [2.75, 3.05) is 5.32 Å². The summed E-state index contributed by atoms with van der Waals surface area (Å²) in [6.45, 7) is 1.82. The summed E-state index contributed by atoms with van der Waals surface area (Å²) in [5.74, 6) is 0.198. The molecule has 1 aromatic rings. The smallest absolute Gasteiger partial charge is 0.319 e. The molecule has 0 bridgehead atoms. The van der Waals surface area contributed by atoms with Crippen molar-refractivity contribution in [3.8, 4) is 5.75 Å². The van der Waals surface area contributed by atoms with Gasteiger partial charge in [0.2, 0.25) is 0 Å². The van der Waals surface area contributed by atoms with E-state index in [9.17, 15) is 9.90 Å². The summed E-state index contributed by atoms with van der Waals surface area (Å²) in [5, 5.41) is 15.2. The Labute approximate surface area is 101 Å². The zero-order chi connectivity index (χ0) is 12.3. The highest BCUT2D eigenvalue weighted by Gasteiger charge is 2.16. The van der Waals surface area contributed by atoms with Gasteiger partial charge in [-0.05, 0) is 31.4 Å². The Hall–Kier alpha value is -1.71. The number of benzene rings is 1. The number of carbonyl (C=O) groups excluding carboxylic acids is 1. The number of rotatable bonds is 2. The van der Waals surface area contributed by atoms with Crippen molar-refractivity contribution in [1.82, 2.24) is 5.32 Å². The predicted molar refractivity (Wildman–Crippen MR) is 67.3 cm³/mol. The average Bonchev–Trinajstić information content (AvgIpc) is 2.76. The van der Waals surface area contributed by atoms with Crippen molar-refractivity contribution >= 4 is 11.7 Å². The van der Waals surface area contributed by atoms with E-state index in [1.165, 1.54) is 12.8 Å². The maximum absolute atomic E-state index is 11.7. The van der Waals surface area contributed by atoms with E-state index in [4.69, 9.17) is 0 Å². The Morgan fingerprint density at radius 1 is 1.35 bits per heavy atom. The number of amides is 2. The Bertz CT molecular complexity index is 412. The molecule has 0 radical (unpaired) electrons. The van der Waals surface area contributed by atoms with Gasteiger partial charge in [-0.3, -0.25) is 0 Å². The number of phenols is 1. The maximum atomic E-state index is 11.7. The molecule has 0 spiro atoms. The number of carbonyl (C=O) groups is 1. The summed E-state index contributed by atoms with van der Waals surface area (Å²) in [6, 6.07) is 5.22. The Morgan fingerprint density at radius 3 is 2.71 bits per heavy atom. The lowest BCUT2D eigenvalue weighted by Crippen LogP contribution is -2.36. The number of phenolic OH excluding ortho intramolecular Hbond substituents is 1.